The molecule has 0 aliphatic carbocycles. The van der Waals surface area contributed by atoms with Crippen molar-refractivity contribution >= 4 is 0 Å². The maximum atomic E-state index is 11.6. The molecule has 0 aliphatic heterocycles. The van der Waals surface area contributed by atoms with Crippen molar-refractivity contribution in [1.29, 1.82) is 5.26 Å². The average Bonchev–Trinajstić information content (AvgIpc) is 2.56. The predicted octanol–water partition coefficient (Wildman–Crippen LogP) is 0.374. The van der Waals surface area contributed by atoms with E-state index in [1.165, 1.54) is 6.20 Å². The van der Waals surface area contributed by atoms with E-state index in [1.807, 2.05) is 12.1 Å². The summed E-state index contributed by atoms with van der Waals surface area (Å²) < 4.78 is 0. The van der Waals surface area contributed by atoms with Crippen LogP contribution in [0.5, 0.6) is 0 Å². The molecule has 2 rings (SSSR count). The van der Waals surface area contributed by atoms with Crippen molar-refractivity contribution in [2.75, 3.05) is 5.84 Å². The molecule has 5 heteroatoms. The number of nitrogens with zero attached hydrogens (tertiary/aromatic N) is 3. The molecule has 0 radical (unpaired) electrons. The van der Waals surface area contributed by atoms with Crippen molar-refractivity contribution in [3.63, 3.8) is 0 Å². The van der Waals surface area contributed by atoms with E-state index in [0.717, 1.165) is 4.79 Å². The fraction of sp³-hybridized carbons (Fsp3) is 0. The molecule has 0 spiro atoms. The lowest BCUT2D eigenvalue weighted by molar-refractivity contribution is -0.677. The fourth-order valence-corrected chi connectivity index (χ4v) is 1.41. The lowest BCUT2D eigenvalue weighted by Gasteiger charge is -2.05. The van der Waals surface area contributed by atoms with E-state index in [9.17, 15) is 5.21 Å². The van der Waals surface area contributed by atoms with Gasteiger partial charge in [0.25, 0.3) is 0 Å². The first-order valence-electron chi connectivity index (χ1n) is 4.30. The number of hydrogen-bond acceptors (Lipinski definition) is 3. The summed E-state index contributed by atoms with van der Waals surface area (Å²) in [6.45, 7) is 0. The third-order valence-corrected chi connectivity index (χ3v) is 2.09. The lowest BCUT2D eigenvalue weighted by Crippen LogP contribution is -2.42. The number of benzene rings is 1. The maximum absolute atomic E-state index is 11.6. The van der Waals surface area contributed by atoms with E-state index >= 15 is 0 Å². The van der Waals surface area contributed by atoms with E-state index in [2.05, 4.69) is 0 Å². The van der Waals surface area contributed by atoms with Gasteiger partial charge in [0.15, 0.2) is 5.69 Å². The second-order valence-corrected chi connectivity index (χ2v) is 3.02. The van der Waals surface area contributed by atoms with Crippen LogP contribution in [0.25, 0.3) is 11.3 Å². The molecule has 2 N–H and O–H groups in total. The van der Waals surface area contributed by atoms with E-state index in [4.69, 9.17) is 11.1 Å². The van der Waals surface area contributed by atoms with Gasteiger partial charge in [-0.3, -0.25) is 0 Å². The van der Waals surface area contributed by atoms with Gasteiger partial charge in [-0.15, -0.1) is 0 Å². The number of nitrogen functional groups attached to an aromatic ring is 1. The van der Waals surface area contributed by atoms with Gasteiger partial charge >= 0.3 is 0 Å². The Morgan fingerprint density at radius 3 is 2.60 bits per heavy atom. The molecule has 1 aromatic carbocycles. The van der Waals surface area contributed by atoms with Gasteiger partial charge < -0.3 is 5.21 Å². The summed E-state index contributed by atoms with van der Waals surface area (Å²) in [7, 11) is 0. The molecule has 0 fully saturated rings. The Hall–Kier alpha value is -2.48. The molecule has 1 aromatic heterocycles. The normalized spacial score (nSPS) is 9.80. The minimum Gasteiger partial charge on any atom is -0.692 e. The third kappa shape index (κ3) is 1.38. The zero-order valence-electron chi connectivity index (χ0n) is 7.79. The first-order chi connectivity index (χ1) is 7.24. The molecule has 0 unspecified atom stereocenters. The summed E-state index contributed by atoms with van der Waals surface area (Å²) in [5.74, 6) is 5.37. The number of hydrogen-bond donors (Lipinski definition) is 1. The number of nitriles is 1. The number of rotatable bonds is 1. The first-order valence-corrected chi connectivity index (χ1v) is 4.30. The highest BCUT2D eigenvalue weighted by atomic mass is 16.5. The summed E-state index contributed by atoms with van der Waals surface area (Å²) in [6, 6.07) is 10.9. The molecule has 2 aromatic rings. The molecule has 0 atom stereocenters. The highest BCUT2D eigenvalue weighted by molar-refractivity contribution is 5.63. The standard InChI is InChI=1S/C10H8N4O/c11-6-9-7-13(12)14(15)10(9)8-4-2-1-3-5-8/h1-5,7H,12H2. The van der Waals surface area contributed by atoms with E-state index < -0.39 is 0 Å². The van der Waals surface area contributed by atoms with Crippen molar-refractivity contribution < 1.29 is 4.85 Å². The summed E-state index contributed by atoms with van der Waals surface area (Å²) in [5.41, 5.74) is 1.22. The quantitative estimate of drug-likeness (QED) is 0.410. The number of nitrogens with two attached hydrogens (primary N) is 1. The molecular formula is C10H8N4O. The van der Waals surface area contributed by atoms with Crippen LogP contribution in [0.4, 0.5) is 0 Å². The molecule has 15 heavy (non-hydrogen) atoms. The lowest BCUT2D eigenvalue weighted by atomic mass is 10.1. The Kier molecular flexibility index (Phi) is 2.03. The van der Waals surface area contributed by atoms with Crippen molar-refractivity contribution in [2.45, 2.75) is 0 Å². The van der Waals surface area contributed by atoms with E-state index in [0.29, 0.717) is 10.4 Å². The third-order valence-electron chi connectivity index (χ3n) is 2.09. The SMILES string of the molecule is N#Cc1cn(N)[n+]([O-])c1-c1ccccc1. The van der Waals surface area contributed by atoms with Gasteiger partial charge in [-0.1, -0.05) is 35.1 Å². The highest BCUT2D eigenvalue weighted by Gasteiger charge is 2.15. The molecular weight excluding hydrogens is 192 g/mol. The van der Waals surface area contributed by atoms with Crippen molar-refractivity contribution in [3.8, 4) is 17.3 Å². The molecule has 5 nitrogen and oxygen atoms in total. The monoisotopic (exact) mass is 200 g/mol. The van der Waals surface area contributed by atoms with Crippen molar-refractivity contribution in [3.05, 3.63) is 47.3 Å². The Bertz CT molecular complexity index is 524. The van der Waals surface area contributed by atoms with Crippen LogP contribution < -0.4 is 10.7 Å². The Morgan fingerprint density at radius 1 is 1.33 bits per heavy atom. The van der Waals surface area contributed by atoms with Gasteiger partial charge in [-0.05, 0) is 0 Å². The largest absolute Gasteiger partial charge is 0.692 e. The first kappa shape index (κ1) is 9.09. The van der Waals surface area contributed by atoms with Crippen LogP contribution in [-0.2, 0) is 0 Å². The fourth-order valence-electron chi connectivity index (χ4n) is 1.41. The van der Waals surface area contributed by atoms with Crippen LogP contribution in [0, 0.1) is 16.5 Å². The smallest absolute Gasteiger partial charge is 0.178 e. The minimum atomic E-state index is 0.263. The second-order valence-electron chi connectivity index (χ2n) is 3.02. The van der Waals surface area contributed by atoms with E-state index in [1.54, 1.807) is 24.3 Å². The van der Waals surface area contributed by atoms with Crippen LogP contribution in [0.3, 0.4) is 0 Å². The molecule has 0 amide bonds. The predicted molar refractivity (Wildman–Crippen MR) is 53.7 cm³/mol. The molecule has 1 heterocycles. The highest BCUT2D eigenvalue weighted by Crippen LogP contribution is 2.18. The van der Waals surface area contributed by atoms with Crippen LogP contribution >= 0.6 is 0 Å². The van der Waals surface area contributed by atoms with Gasteiger partial charge in [-0.2, -0.15) is 10.1 Å². The molecule has 0 aliphatic rings. The zero-order valence-corrected chi connectivity index (χ0v) is 7.79. The van der Waals surface area contributed by atoms with Crippen molar-refractivity contribution in [2.24, 2.45) is 0 Å². The van der Waals surface area contributed by atoms with Crippen LogP contribution in [0.15, 0.2) is 36.5 Å². The summed E-state index contributed by atoms with van der Waals surface area (Å²) in [5, 5.41) is 20.4. The van der Waals surface area contributed by atoms with Gasteiger partial charge in [0.1, 0.15) is 17.8 Å². The van der Waals surface area contributed by atoms with Gasteiger partial charge in [0.2, 0.25) is 0 Å². The minimum absolute atomic E-state index is 0.263. The Balaban J connectivity index is 2.68. The average molecular weight is 200 g/mol. The zero-order chi connectivity index (χ0) is 10.8. The second kappa shape index (κ2) is 3.35. The topological polar surface area (TPSA) is 81.7 Å². The molecule has 0 saturated carbocycles. The van der Waals surface area contributed by atoms with E-state index in [-0.39, 0.29) is 11.3 Å². The molecule has 0 bridgehead atoms. The Labute approximate surface area is 86.1 Å². The summed E-state index contributed by atoms with van der Waals surface area (Å²) >= 11 is 0. The van der Waals surface area contributed by atoms with Gasteiger partial charge in [0.05, 0.1) is 0 Å². The molecule has 74 valence electrons. The van der Waals surface area contributed by atoms with Crippen LogP contribution in [-0.4, -0.2) is 4.79 Å². The summed E-state index contributed by atoms with van der Waals surface area (Å²) in [6.07, 6.45) is 1.30. The van der Waals surface area contributed by atoms with Crippen LogP contribution in [0.2, 0.25) is 0 Å². The Morgan fingerprint density at radius 2 is 2.00 bits per heavy atom. The van der Waals surface area contributed by atoms with Crippen molar-refractivity contribution in [1.82, 2.24) is 4.79 Å². The van der Waals surface area contributed by atoms with Gasteiger partial charge in [-0.25, -0.2) is 5.84 Å². The van der Waals surface area contributed by atoms with Gasteiger partial charge in [0, 0.05) is 5.56 Å². The number of aromatic nitrogens is 2. The summed E-state index contributed by atoms with van der Waals surface area (Å²) in [4.78, 5) is 1.34. The maximum Gasteiger partial charge on any atom is 0.178 e. The molecule has 0 saturated heterocycles. The van der Waals surface area contributed by atoms with Crippen LogP contribution in [0.1, 0.15) is 5.56 Å².